The number of aryl methyl sites for hydroxylation is 5. The summed E-state index contributed by atoms with van der Waals surface area (Å²) in [6.45, 7) is 9.74. The maximum atomic E-state index is 12.3. The zero-order valence-electron chi connectivity index (χ0n) is 12.0. The van der Waals surface area contributed by atoms with Crippen molar-refractivity contribution in [1.29, 1.82) is 0 Å². The standard InChI is InChI=1S/C15H19N3O/c1-8-6-9(2)14(10(3)7-8)16-15(19)13-11(4)17-18-12(13)5/h6-7H,1-5H3,(H,16,19)(H,17,18). The van der Waals surface area contributed by atoms with Crippen LogP contribution in [0.3, 0.4) is 0 Å². The minimum absolute atomic E-state index is 0.112. The number of anilines is 1. The molecule has 2 N–H and O–H groups in total. The third kappa shape index (κ3) is 2.52. The number of benzene rings is 1. The van der Waals surface area contributed by atoms with E-state index in [4.69, 9.17) is 0 Å². The van der Waals surface area contributed by atoms with Crippen LogP contribution in [0.4, 0.5) is 5.69 Å². The van der Waals surface area contributed by atoms with Crippen LogP contribution < -0.4 is 5.32 Å². The minimum atomic E-state index is -0.112. The summed E-state index contributed by atoms with van der Waals surface area (Å²) in [5, 5.41) is 9.87. The van der Waals surface area contributed by atoms with E-state index in [9.17, 15) is 4.79 Å². The molecule has 0 radical (unpaired) electrons. The van der Waals surface area contributed by atoms with E-state index in [0.29, 0.717) is 5.56 Å². The zero-order chi connectivity index (χ0) is 14.2. The molecular weight excluding hydrogens is 238 g/mol. The first-order valence-electron chi connectivity index (χ1n) is 6.31. The van der Waals surface area contributed by atoms with E-state index >= 15 is 0 Å². The molecule has 1 amide bonds. The highest BCUT2D eigenvalue weighted by Gasteiger charge is 2.16. The van der Waals surface area contributed by atoms with Gasteiger partial charge in [-0.25, -0.2) is 0 Å². The molecule has 0 aliphatic heterocycles. The smallest absolute Gasteiger partial charge is 0.259 e. The first-order valence-corrected chi connectivity index (χ1v) is 6.31. The molecule has 4 heteroatoms. The van der Waals surface area contributed by atoms with Crippen LogP contribution in [-0.2, 0) is 0 Å². The molecule has 0 atom stereocenters. The van der Waals surface area contributed by atoms with Gasteiger partial charge in [0.15, 0.2) is 0 Å². The number of nitrogens with zero attached hydrogens (tertiary/aromatic N) is 1. The van der Waals surface area contributed by atoms with Gasteiger partial charge in [0.05, 0.1) is 11.3 Å². The van der Waals surface area contributed by atoms with Crippen LogP contribution in [0.2, 0.25) is 0 Å². The molecule has 2 rings (SSSR count). The predicted molar refractivity (Wildman–Crippen MR) is 76.7 cm³/mol. The fourth-order valence-electron chi connectivity index (χ4n) is 2.44. The second kappa shape index (κ2) is 4.88. The van der Waals surface area contributed by atoms with Crippen LogP contribution in [0.15, 0.2) is 12.1 Å². The summed E-state index contributed by atoms with van der Waals surface area (Å²) in [5.74, 6) is -0.112. The van der Waals surface area contributed by atoms with Crippen LogP contribution in [0.1, 0.15) is 38.4 Å². The third-order valence-corrected chi connectivity index (χ3v) is 3.27. The van der Waals surface area contributed by atoms with E-state index in [1.807, 2.05) is 27.7 Å². The minimum Gasteiger partial charge on any atom is -0.321 e. The Balaban J connectivity index is 2.35. The Labute approximate surface area is 113 Å². The van der Waals surface area contributed by atoms with Crippen LogP contribution >= 0.6 is 0 Å². The highest BCUT2D eigenvalue weighted by Crippen LogP contribution is 2.23. The second-order valence-corrected chi connectivity index (χ2v) is 5.04. The number of hydrogen-bond donors (Lipinski definition) is 2. The lowest BCUT2D eigenvalue weighted by molar-refractivity contribution is 0.102. The highest BCUT2D eigenvalue weighted by atomic mass is 16.1. The summed E-state index contributed by atoms with van der Waals surface area (Å²) in [5.41, 5.74) is 6.36. The van der Waals surface area contributed by atoms with Crippen molar-refractivity contribution in [2.75, 3.05) is 5.32 Å². The average molecular weight is 257 g/mol. The van der Waals surface area contributed by atoms with Gasteiger partial charge in [-0.3, -0.25) is 9.89 Å². The number of H-pyrrole nitrogens is 1. The lowest BCUT2D eigenvalue weighted by Crippen LogP contribution is -2.15. The molecule has 0 saturated heterocycles. The van der Waals surface area contributed by atoms with E-state index in [0.717, 1.165) is 28.2 Å². The summed E-state index contributed by atoms with van der Waals surface area (Å²) in [6, 6.07) is 4.13. The van der Waals surface area contributed by atoms with Gasteiger partial charge in [0, 0.05) is 11.4 Å². The van der Waals surface area contributed by atoms with Crippen molar-refractivity contribution in [1.82, 2.24) is 10.2 Å². The van der Waals surface area contributed by atoms with Gasteiger partial charge < -0.3 is 5.32 Å². The number of aromatic nitrogens is 2. The Morgan fingerprint density at radius 2 is 1.68 bits per heavy atom. The van der Waals surface area contributed by atoms with Gasteiger partial charge >= 0.3 is 0 Å². The normalized spacial score (nSPS) is 10.6. The number of nitrogens with one attached hydrogen (secondary N) is 2. The first-order chi connectivity index (χ1) is 8.90. The number of amides is 1. The Morgan fingerprint density at radius 1 is 1.11 bits per heavy atom. The van der Waals surface area contributed by atoms with Crippen LogP contribution in [0.5, 0.6) is 0 Å². The molecule has 100 valence electrons. The SMILES string of the molecule is Cc1cc(C)c(NC(=O)c2c(C)n[nH]c2C)c(C)c1. The Hall–Kier alpha value is -2.10. The third-order valence-electron chi connectivity index (χ3n) is 3.27. The molecule has 1 aromatic heterocycles. The molecule has 0 bridgehead atoms. The van der Waals surface area contributed by atoms with Crippen molar-refractivity contribution in [2.24, 2.45) is 0 Å². The van der Waals surface area contributed by atoms with E-state index < -0.39 is 0 Å². The second-order valence-electron chi connectivity index (χ2n) is 5.04. The van der Waals surface area contributed by atoms with Gasteiger partial charge in [-0.15, -0.1) is 0 Å². The molecular formula is C15H19N3O. The van der Waals surface area contributed by atoms with Crippen LogP contribution in [0, 0.1) is 34.6 Å². The number of aromatic amines is 1. The highest BCUT2D eigenvalue weighted by molar-refractivity contribution is 6.06. The van der Waals surface area contributed by atoms with E-state index in [-0.39, 0.29) is 5.91 Å². The predicted octanol–water partition coefficient (Wildman–Crippen LogP) is 3.20. The molecule has 0 fully saturated rings. The van der Waals surface area contributed by atoms with Crippen molar-refractivity contribution < 1.29 is 4.79 Å². The molecule has 0 spiro atoms. The number of rotatable bonds is 2. The molecule has 2 aromatic rings. The van der Waals surface area contributed by atoms with Gasteiger partial charge in [-0.05, 0) is 45.7 Å². The van der Waals surface area contributed by atoms with Crippen molar-refractivity contribution in [2.45, 2.75) is 34.6 Å². The van der Waals surface area contributed by atoms with E-state index in [2.05, 4.69) is 34.6 Å². The van der Waals surface area contributed by atoms with E-state index in [1.54, 1.807) is 0 Å². The summed E-state index contributed by atoms with van der Waals surface area (Å²) in [6.07, 6.45) is 0. The monoisotopic (exact) mass is 257 g/mol. The van der Waals surface area contributed by atoms with Crippen molar-refractivity contribution in [3.8, 4) is 0 Å². The largest absolute Gasteiger partial charge is 0.321 e. The maximum Gasteiger partial charge on any atom is 0.259 e. The van der Waals surface area contributed by atoms with Gasteiger partial charge in [-0.2, -0.15) is 5.10 Å². The van der Waals surface area contributed by atoms with Gasteiger partial charge in [0.25, 0.3) is 5.91 Å². The maximum absolute atomic E-state index is 12.3. The molecule has 0 aliphatic rings. The lowest BCUT2D eigenvalue weighted by atomic mass is 10.0. The Bertz CT molecular complexity index is 598. The molecule has 1 aromatic carbocycles. The van der Waals surface area contributed by atoms with Crippen molar-refractivity contribution >= 4 is 11.6 Å². The molecule has 0 aliphatic carbocycles. The van der Waals surface area contributed by atoms with Crippen LogP contribution in [-0.4, -0.2) is 16.1 Å². The average Bonchev–Trinajstić information content (AvgIpc) is 2.63. The van der Waals surface area contributed by atoms with E-state index in [1.165, 1.54) is 5.56 Å². The molecule has 19 heavy (non-hydrogen) atoms. The molecule has 0 saturated carbocycles. The summed E-state index contributed by atoms with van der Waals surface area (Å²) in [4.78, 5) is 12.3. The van der Waals surface area contributed by atoms with Gasteiger partial charge in [0.2, 0.25) is 0 Å². The Morgan fingerprint density at radius 3 is 2.16 bits per heavy atom. The summed E-state index contributed by atoms with van der Waals surface area (Å²) < 4.78 is 0. The van der Waals surface area contributed by atoms with Crippen LogP contribution in [0.25, 0.3) is 0 Å². The summed E-state index contributed by atoms with van der Waals surface area (Å²) in [7, 11) is 0. The fourth-order valence-corrected chi connectivity index (χ4v) is 2.44. The molecule has 0 unspecified atom stereocenters. The fraction of sp³-hybridized carbons (Fsp3) is 0.333. The van der Waals surface area contributed by atoms with Gasteiger partial charge in [0.1, 0.15) is 0 Å². The Kier molecular flexibility index (Phi) is 3.42. The van der Waals surface area contributed by atoms with Crippen molar-refractivity contribution in [3.05, 3.63) is 45.8 Å². The lowest BCUT2D eigenvalue weighted by Gasteiger charge is -2.13. The quantitative estimate of drug-likeness (QED) is 0.868. The number of hydrogen-bond acceptors (Lipinski definition) is 2. The topological polar surface area (TPSA) is 57.8 Å². The molecule has 1 heterocycles. The number of carbonyl (C=O) groups is 1. The van der Waals surface area contributed by atoms with Crippen molar-refractivity contribution in [3.63, 3.8) is 0 Å². The first kappa shape index (κ1) is 13.3. The van der Waals surface area contributed by atoms with Gasteiger partial charge in [-0.1, -0.05) is 17.7 Å². The summed E-state index contributed by atoms with van der Waals surface area (Å²) >= 11 is 0. The zero-order valence-corrected chi connectivity index (χ0v) is 12.0. The molecule has 4 nitrogen and oxygen atoms in total. The number of carbonyl (C=O) groups excluding carboxylic acids is 1.